The number of amides is 1. The third-order valence-electron chi connectivity index (χ3n) is 2.52. The van der Waals surface area contributed by atoms with Crippen molar-refractivity contribution in [3.05, 3.63) is 68.1 Å². The van der Waals surface area contributed by atoms with Gasteiger partial charge in [0.2, 0.25) is 0 Å². The molecule has 98 valence electrons. The van der Waals surface area contributed by atoms with E-state index in [1.807, 2.05) is 18.2 Å². The number of hydrogen-bond donors (Lipinski definition) is 1. The molecule has 2 aromatic rings. The van der Waals surface area contributed by atoms with Crippen LogP contribution in [-0.2, 0) is 6.54 Å². The van der Waals surface area contributed by atoms with Gasteiger partial charge in [0.15, 0.2) is 0 Å². The van der Waals surface area contributed by atoms with Crippen molar-refractivity contribution in [1.29, 1.82) is 0 Å². The molecule has 0 fully saturated rings. The van der Waals surface area contributed by atoms with Crippen LogP contribution in [0.2, 0.25) is 10.0 Å². The van der Waals surface area contributed by atoms with Crippen LogP contribution in [0.4, 0.5) is 0 Å². The van der Waals surface area contributed by atoms with Gasteiger partial charge >= 0.3 is 0 Å². The monoisotopic (exact) mass is 357 g/mol. The summed E-state index contributed by atoms with van der Waals surface area (Å²) in [5.41, 5.74) is 1.45. The molecule has 1 amide bonds. The highest BCUT2D eigenvalue weighted by atomic mass is 79.9. The minimum Gasteiger partial charge on any atom is -0.348 e. The summed E-state index contributed by atoms with van der Waals surface area (Å²) in [5, 5.41) is 4.00. The molecular formula is C14H10BrCl2NO. The predicted molar refractivity (Wildman–Crippen MR) is 81.8 cm³/mol. The molecule has 0 heterocycles. The van der Waals surface area contributed by atoms with Crippen LogP contribution >= 0.6 is 39.1 Å². The van der Waals surface area contributed by atoms with E-state index in [0.29, 0.717) is 26.6 Å². The lowest BCUT2D eigenvalue weighted by molar-refractivity contribution is 0.0950. The summed E-state index contributed by atoms with van der Waals surface area (Å²) in [5.74, 6) is -0.186. The van der Waals surface area contributed by atoms with Gasteiger partial charge in [0.05, 0.1) is 5.56 Å². The Balaban J connectivity index is 2.07. The van der Waals surface area contributed by atoms with Crippen molar-refractivity contribution in [3.63, 3.8) is 0 Å². The molecule has 0 spiro atoms. The molecule has 0 aliphatic heterocycles. The molecular weight excluding hydrogens is 349 g/mol. The first kappa shape index (κ1) is 14.4. The first-order chi connectivity index (χ1) is 9.06. The molecule has 0 aliphatic rings. The summed E-state index contributed by atoms with van der Waals surface area (Å²) >= 11 is 15.1. The summed E-state index contributed by atoms with van der Waals surface area (Å²) < 4.78 is 0.709. The zero-order valence-corrected chi connectivity index (χ0v) is 12.9. The van der Waals surface area contributed by atoms with E-state index in [1.165, 1.54) is 0 Å². The van der Waals surface area contributed by atoms with E-state index >= 15 is 0 Å². The second-order valence-electron chi connectivity index (χ2n) is 3.94. The standard InChI is InChI=1S/C14H10BrCl2NO/c15-13-5-4-11(17)7-12(13)14(19)18-8-9-2-1-3-10(16)6-9/h1-7H,8H2,(H,18,19). The van der Waals surface area contributed by atoms with E-state index in [9.17, 15) is 4.79 Å². The van der Waals surface area contributed by atoms with Gasteiger partial charge in [-0.3, -0.25) is 4.79 Å². The lowest BCUT2D eigenvalue weighted by Crippen LogP contribution is -2.23. The fraction of sp³-hybridized carbons (Fsp3) is 0.0714. The zero-order valence-electron chi connectivity index (χ0n) is 9.79. The van der Waals surface area contributed by atoms with Gasteiger partial charge in [0.25, 0.3) is 5.91 Å². The quantitative estimate of drug-likeness (QED) is 0.847. The second-order valence-corrected chi connectivity index (χ2v) is 5.66. The second kappa shape index (κ2) is 6.42. The Bertz CT molecular complexity index is 616. The largest absolute Gasteiger partial charge is 0.348 e. The summed E-state index contributed by atoms with van der Waals surface area (Å²) in [6, 6.07) is 12.4. The number of carbonyl (C=O) groups excluding carboxylic acids is 1. The molecule has 0 unspecified atom stereocenters. The molecule has 19 heavy (non-hydrogen) atoms. The van der Waals surface area contributed by atoms with Gasteiger partial charge in [-0.1, -0.05) is 35.3 Å². The number of halogens is 3. The normalized spacial score (nSPS) is 10.3. The van der Waals surface area contributed by atoms with Gasteiger partial charge < -0.3 is 5.32 Å². The van der Waals surface area contributed by atoms with Crippen LogP contribution in [0.15, 0.2) is 46.9 Å². The first-order valence-electron chi connectivity index (χ1n) is 5.54. The number of benzene rings is 2. The third kappa shape index (κ3) is 3.96. The van der Waals surface area contributed by atoms with E-state index in [1.54, 1.807) is 24.3 Å². The van der Waals surface area contributed by atoms with Gasteiger partial charge in [-0.05, 0) is 51.8 Å². The van der Waals surface area contributed by atoms with Gasteiger partial charge in [-0.25, -0.2) is 0 Å². The highest BCUT2D eigenvalue weighted by molar-refractivity contribution is 9.10. The first-order valence-corrected chi connectivity index (χ1v) is 7.09. The minimum atomic E-state index is -0.186. The highest BCUT2D eigenvalue weighted by Gasteiger charge is 2.10. The third-order valence-corrected chi connectivity index (χ3v) is 3.68. The molecule has 0 saturated carbocycles. The molecule has 5 heteroatoms. The van der Waals surface area contributed by atoms with Gasteiger partial charge in [-0.2, -0.15) is 0 Å². The van der Waals surface area contributed by atoms with E-state index in [2.05, 4.69) is 21.2 Å². The number of nitrogens with one attached hydrogen (secondary N) is 1. The van der Waals surface area contributed by atoms with E-state index < -0.39 is 0 Å². The minimum absolute atomic E-state index is 0.186. The summed E-state index contributed by atoms with van der Waals surface area (Å²) in [4.78, 5) is 12.0. The van der Waals surface area contributed by atoms with Crippen LogP contribution in [-0.4, -0.2) is 5.91 Å². The maximum Gasteiger partial charge on any atom is 0.252 e. The summed E-state index contributed by atoms with van der Waals surface area (Å²) in [6.07, 6.45) is 0. The number of hydrogen-bond acceptors (Lipinski definition) is 1. The van der Waals surface area contributed by atoms with Crippen molar-refractivity contribution < 1.29 is 4.79 Å². The van der Waals surface area contributed by atoms with Crippen molar-refractivity contribution >= 4 is 45.0 Å². The molecule has 0 saturated heterocycles. The average Bonchev–Trinajstić information content (AvgIpc) is 2.39. The Morgan fingerprint density at radius 1 is 1.11 bits per heavy atom. The Kier molecular flexibility index (Phi) is 4.86. The number of rotatable bonds is 3. The fourth-order valence-corrected chi connectivity index (χ4v) is 2.41. The Morgan fingerprint density at radius 3 is 2.58 bits per heavy atom. The Morgan fingerprint density at radius 2 is 1.84 bits per heavy atom. The molecule has 2 rings (SSSR count). The topological polar surface area (TPSA) is 29.1 Å². The molecule has 0 aliphatic carbocycles. The van der Waals surface area contributed by atoms with Crippen LogP contribution in [0.5, 0.6) is 0 Å². The predicted octanol–water partition coefficient (Wildman–Crippen LogP) is 4.69. The van der Waals surface area contributed by atoms with Crippen LogP contribution < -0.4 is 5.32 Å². The van der Waals surface area contributed by atoms with Crippen LogP contribution in [0.1, 0.15) is 15.9 Å². The molecule has 0 atom stereocenters. The van der Waals surface area contributed by atoms with Crippen molar-refractivity contribution in [2.45, 2.75) is 6.54 Å². The summed E-state index contributed by atoms with van der Waals surface area (Å²) in [6.45, 7) is 0.415. The molecule has 2 nitrogen and oxygen atoms in total. The lowest BCUT2D eigenvalue weighted by atomic mass is 10.2. The van der Waals surface area contributed by atoms with Gasteiger partial charge in [0.1, 0.15) is 0 Å². The summed E-state index contributed by atoms with van der Waals surface area (Å²) in [7, 11) is 0. The zero-order chi connectivity index (χ0) is 13.8. The van der Waals surface area contributed by atoms with E-state index in [4.69, 9.17) is 23.2 Å². The molecule has 0 radical (unpaired) electrons. The smallest absolute Gasteiger partial charge is 0.252 e. The van der Waals surface area contributed by atoms with E-state index in [0.717, 1.165) is 5.56 Å². The van der Waals surface area contributed by atoms with Gasteiger partial charge in [0, 0.05) is 21.1 Å². The fourth-order valence-electron chi connectivity index (χ4n) is 1.60. The van der Waals surface area contributed by atoms with E-state index in [-0.39, 0.29) is 5.91 Å². The van der Waals surface area contributed by atoms with Crippen molar-refractivity contribution in [2.75, 3.05) is 0 Å². The van der Waals surface area contributed by atoms with Crippen molar-refractivity contribution in [3.8, 4) is 0 Å². The molecule has 0 bridgehead atoms. The average molecular weight is 359 g/mol. The SMILES string of the molecule is O=C(NCc1cccc(Cl)c1)c1cc(Cl)ccc1Br. The van der Waals surface area contributed by atoms with Crippen molar-refractivity contribution in [1.82, 2.24) is 5.32 Å². The molecule has 0 aromatic heterocycles. The Labute approximate surface area is 129 Å². The maximum absolute atomic E-state index is 12.0. The maximum atomic E-state index is 12.0. The number of carbonyl (C=O) groups is 1. The van der Waals surface area contributed by atoms with Gasteiger partial charge in [-0.15, -0.1) is 0 Å². The lowest BCUT2D eigenvalue weighted by Gasteiger charge is -2.07. The molecule has 2 aromatic carbocycles. The van der Waals surface area contributed by atoms with Crippen LogP contribution in [0.25, 0.3) is 0 Å². The van der Waals surface area contributed by atoms with Crippen molar-refractivity contribution in [2.24, 2.45) is 0 Å². The highest BCUT2D eigenvalue weighted by Crippen LogP contribution is 2.21. The Hall–Kier alpha value is -1.03. The molecule has 1 N–H and O–H groups in total. The van der Waals surface area contributed by atoms with Crippen LogP contribution in [0.3, 0.4) is 0 Å². The van der Waals surface area contributed by atoms with Crippen LogP contribution in [0, 0.1) is 0 Å².